The van der Waals surface area contributed by atoms with Crippen molar-refractivity contribution in [2.75, 3.05) is 12.3 Å². The number of aryl methyl sites for hydroxylation is 1. The van der Waals surface area contributed by atoms with Crippen molar-refractivity contribution in [2.45, 2.75) is 43.0 Å². The van der Waals surface area contributed by atoms with E-state index in [9.17, 15) is 13.2 Å². The maximum absolute atomic E-state index is 12.4. The van der Waals surface area contributed by atoms with Crippen LogP contribution in [0, 0.1) is 0 Å². The minimum atomic E-state index is -3.67. The number of carbonyl (C=O) groups is 1. The third kappa shape index (κ3) is 4.72. The molecule has 122 valence electrons. The molecule has 22 heavy (non-hydrogen) atoms. The Bertz CT molecular complexity index is 600. The Hall–Kier alpha value is -1.05. The predicted molar refractivity (Wildman–Crippen MR) is 89.6 cm³/mol. The number of thiol groups is 1. The SMILES string of the molecule is O=C1NCCCC[C@@H]1NS(=O)(=O)c1ccc(CCCS)cc1. The van der Waals surface area contributed by atoms with Gasteiger partial charge in [-0.2, -0.15) is 17.4 Å². The molecule has 1 fully saturated rings. The van der Waals surface area contributed by atoms with Crippen LogP contribution in [0.4, 0.5) is 0 Å². The second-order valence-corrected chi connectivity index (χ2v) is 7.59. The first kappa shape index (κ1) is 17.3. The molecule has 1 amide bonds. The summed E-state index contributed by atoms with van der Waals surface area (Å²) in [6.45, 7) is 0.608. The fourth-order valence-electron chi connectivity index (χ4n) is 2.43. The quantitative estimate of drug-likeness (QED) is 0.686. The maximum Gasteiger partial charge on any atom is 0.241 e. The van der Waals surface area contributed by atoms with Crippen LogP contribution >= 0.6 is 12.6 Å². The molecule has 1 aromatic rings. The van der Waals surface area contributed by atoms with Crippen molar-refractivity contribution in [1.29, 1.82) is 0 Å². The van der Waals surface area contributed by atoms with E-state index in [1.54, 1.807) is 12.1 Å². The Morgan fingerprint density at radius 3 is 2.64 bits per heavy atom. The second-order valence-electron chi connectivity index (χ2n) is 5.43. The number of hydrogen-bond donors (Lipinski definition) is 3. The van der Waals surface area contributed by atoms with Crippen LogP contribution in [0.1, 0.15) is 31.2 Å². The van der Waals surface area contributed by atoms with Gasteiger partial charge >= 0.3 is 0 Å². The Labute approximate surface area is 137 Å². The number of benzene rings is 1. The minimum Gasteiger partial charge on any atom is -0.355 e. The first-order valence-corrected chi connectivity index (χ1v) is 9.64. The highest BCUT2D eigenvalue weighted by Gasteiger charge is 2.26. The summed E-state index contributed by atoms with van der Waals surface area (Å²) in [4.78, 5) is 12.0. The first-order chi connectivity index (χ1) is 10.5. The molecule has 7 heteroatoms. The van der Waals surface area contributed by atoms with Crippen molar-refractivity contribution in [3.8, 4) is 0 Å². The van der Waals surface area contributed by atoms with Crippen LogP contribution in [0.5, 0.6) is 0 Å². The van der Waals surface area contributed by atoms with Gasteiger partial charge in [0.25, 0.3) is 0 Å². The second kappa shape index (κ2) is 7.99. The molecule has 0 radical (unpaired) electrons. The molecular formula is C15H22N2O3S2. The molecule has 1 aromatic carbocycles. The van der Waals surface area contributed by atoms with E-state index in [-0.39, 0.29) is 10.8 Å². The topological polar surface area (TPSA) is 75.3 Å². The number of amides is 1. The minimum absolute atomic E-state index is 0.194. The van der Waals surface area contributed by atoms with Gasteiger partial charge in [0, 0.05) is 6.54 Å². The van der Waals surface area contributed by atoms with Gasteiger partial charge in [0.15, 0.2) is 0 Å². The zero-order chi connectivity index (χ0) is 16.0. The number of nitrogens with one attached hydrogen (secondary N) is 2. The zero-order valence-electron chi connectivity index (χ0n) is 12.4. The third-order valence-electron chi connectivity index (χ3n) is 3.69. The largest absolute Gasteiger partial charge is 0.355 e. The molecule has 5 nitrogen and oxygen atoms in total. The highest BCUT2D eigenvalue weighted by atomic mass is 32.2. The van der Waals surface area contributed by atoms with E-state index in [1.165, 1.54) is 0 Å². The summed E-state index contributed by atoms with van der Waals surface area (Å²) in [6, 6.07) is 6.11. The van der Waals surface area contributed by atoms with Gasteiger partial charge in [-0.3, -0.25) is 4.79 Å². The molecule has 1 saturated heterocycles. The summed E-state index contributed by atoms with van der Waals surface area (Å²) in [5.41, 5.74) is 1.08. The van der Waals surface area contributed by atoms with E-state index < -0.39 is 16.1 Å². The van der Waals surface area contributed by atoms with Crippen LogP contribution in [0.2, 0.25) is 0 Å². The maximum atomic E-state index is 12.4. The van der Waals surface area contributed by atoms with Crippen molar-refractivity contribution in [1.82, 2.24) is 10.0 Å². The molecule has 0 spiro atoms. The van der Waals surface area contributed by atoms with Crippen LogP contribution in [0.3, 0.4) is 0 Å². The average molecular weight is 342 g/mol. The van der Waals surface area contributed by atoms with E-state index in [0.29, 0.717) is 13.0 Å². The van der Waals surface area contributed by atoms with Gasteiger partial charge < -0.3 is 5.32 Å². The molecular weight excluding hydrogens is 320 g/mol. The Balaban J connectivity index is 2.07. The lowest BCUT2D eigenvalue weighted by Crippen LogP contribution is -2.45. The molecule has 1 heterocycles. The van der Waals surface area contributed by atoms with E-state index >= 15 is 0 Å². The molecule has 1 aliphatic heterocycles. The standard InChI is InChI=1S/C15H22N2O3S2/c18-15-14(5-1-2-10-16-15)17-22(19,20)13-8-6-12(7-9-13)4-3-11-21/h6-9,14,17,21H,1-5,10-11H2,(H,16,18)/t14-/m0/s1. The molecule has 1 atom stereocenters. The van der Waals surface area contributed by atoms with Gasteiger partial charge in [0.2, 0.25) is 15.9 Å². The van der Waals surface area contributed by atoms with Crippen molar-refractivity contribution >= 4 is 28.6 Å². The Kier molecular flexibility index (Phi) is 6.28. The number of hydrogen-bond acceptors (Lipinski definition) is 4. The summed E-state index contributed by atoms with van der Waals surface area (Å²) in [7, 11) is -3.67. The molecule has 1 aliphatic rings. The first-order valence-electron chi connectivity index (χ1n) is 7.53. The molecule has 2 rings (SSSR count). The van der Waals surface area contributed by atoms with Crippen LogP contribution < -0.4 is 10.0 Å². The summed E-state index contributed by atoms with van der Waals surface area (Å²) in [5, 5.41) is 2.73. The Morgan fingerprint density at radius 2 is 1.95 bits per heavy atom. The molecule has 0 saturated carbocycles. The van der Waals surface area contributed by atoms with Crippen LogP contribution in [0.25, 0.3) is 0 Å². The zero-order valence-corrected chi connectivity index (χ0v) is 14.1. The number of carbonyl (C=O) groups excluding carboxylic acids is 1. The molecule has 2 N–H and O–H groups in total. The lowest BCUT2D eigenvalue weighted by Gasteiger charge is -2.15. The van der Waals surface area contributed by atoms with Gasteiger partial charge in [0.1, 0.15) is 6.04 Å². The smallest absolute Gasteiger partial charge is 0.241 e. The number of rotatable bonds is 6. The molecule has 0 aliphatic carbocycles. The van der Waals surface area contributed by atoms with Crippen molar-refractivity contribution in [3.63, 3.8) is 0 Å². The summed E-state index contributed by atoms with van der Waals surface area (Å²) < 4.78 is 27.3. The lowest BCUT2D eigenvalue weighted by molar-refractivity contribution is -0.122. The number of sulfonamides is 1. The van der Waals surface area contributed by atoms with Crippen LogP contribution in [-0.2, 0) is 21.2 Å². The van der Waals surface area contributed by atoms with Gasteiger partial charge in [0.05, 0.1) is 4.90 Å². The lowest BCUT2D eigenvalue weighted by atomic mass is 10.1. The normalized spacial score (nSPS) is 19.5. The van der Waals surface area contributed by atoms with Gasteiger partial charge in [-0.25, -0.2) is 8.42 Å². The molecule has 0 unspecified atom stereocenters. The van der Waals surface area contributed by atoms with Gasteiger partial charge in [-0.1, -0.05) is 12.1 Å². The van der Waals surface area contributed by atoms with Crippen molar-refractivity contribution < 1.29 is 13.2 Å². The van der Waals surface area contributed by atoms with Gasteiger partial charge in [-0.05, 0) is 55.6 Å². The van der Waals surface area contributed by atoms with Gasteiger partial charge in [-0.15, -0.1) is 0 Å². The van der Waals surface area contributed by atoms with E-state index in [4.69, 9.17) is 0 Å². The highest BCUT2D eigenvalue weighted by Crippen LogP contribution is 2.14. The fraction of sp³-hybridized carbons (Fsp3) is 0.533. The van der Waals surface area contributed by atoms with Crippen LogP contribution in [0.15, 0.2) is 29.2 Å². The average Bonchev–Trinajstić information content (AvgIpc) is 2.70. The summed E-state index contributed by atoms with van der Waals surface area (Å²) in [6.07, 6.45) is 4.07. The van der Waals surface area contributed by atoms with Crippen molar-refractivity contribution in [3.05, 3.63) is 29.8 Å². The van der Waals surface area contributed by atoms with E-state index in [2.05, 4.69) is 22.7 Å². The fourth-order valence-corrected chi connectivity index (χ4v) is 3.81. The third-order valence-corrected chi connectivity index (χ3v) is 5.49. The predicted octanol–water partition coefficient (Wildman–Crippen LogP) is 1.50. The molecule has 0 aromatic heterocycles. The van der Waals surface area contributed by atoms with Crippen LogP contribution in [-0.4, -0.2) is 32.7 Å². The van der Waals surface area contributed by atoms with E-state index in [1.807, 2.05) is 12.1 Å². The molecule has 0 bridgehead atoms. The van der Waals surface area contributed by atoms with Crippen molar-refractivity contribution in [2.24, 2.45) is 0 Å². The summed E-state index contributed by atoms with van der Waals surface area (Å²) in [5.74, 6) is 0.560. The highest BCUT2D eigenvalue weighted by molar-refractivity contribution is 7.89. The summed E-state index contributed by atoms with van der Waals surface area (Å²) >= 11 is 4.16. The van der Waals surface area contributed by atoms with E-state index in [0.717, 1.165) is 37.0 Å². The Morgan fingerprint density at radius 1 is 1.23 bits per heavy atom. The monoisotopic (exact) mass is 342 g/mol.